The molecule has 0 radical (unpaired) electrons. The smallest absolute Gasteiger partial charge is 0.246 e. The van der Waals surface area contributed by atoms with Crippen LogP contribution in [0.4, 0.5) is 8.78 Å². The molecule has 46 heavy (non-hydrogen) atoms. The number of halogens is 2. The van der Waals surface area contributed by atoms with Crippen molar-refractivity contribution in [1.29, 1.82) is 0 Å². The summed E-state index contributed by atoms with van der Waals surface area (Å²) in [4.78, 5) is 19.5. The van der Waals surface area contributed by atoms with Crippen molar-refractivity contribution in [3.8, 4) is 39.5 Å². The lowest BCUT2D eigenvalue weighted by atomic mass is 9.96. The Hall–Kier alpha value is -4.94. The van der Waals surface area contributed by atoms with Gasteiger partial charge in [0, 0.05) is 65.1 Å². The fourth-order valence-electron chi connectivity index (χ4n) is 6.05. The van der Waals surface area contributed by atoms with Crippen LogP contribution in [-0.4, -0.2) is 61.7 Å². The Morgan fingerprint density at radius 3 is 2.76 bits per heavy atom. The zero-order valence-corrected chi connectivity index (χ0v) is 26.3. The van der Waals surface area contributed by atoms with Crippen LogP contribution in [-0.2, 0) is 29.7 Å². The maximum absolute atomic E-state index is 16.0. The van der Waals surface area contributed by atoms with E-state index < -0.39 is 11.6 Å². The number of pyridine rings is 1. The van der Waals surface area contributed by atoms with Crippen LogP contribution in [0.2, 0.25) is 0 Å². The lowest BCUT2D eigenvalue weighted by molar-refractivity contribution is -0.129. The van der Waals surface area contributed by atoms with E-state index in [0.29, 0.717) is 35.7 Å². The molecule has 6 aromatic rings. The maximum atomic E-state index is 16.0. The number of fused-ring (bicyclic) bond motifs is 3. The van der Waals surface area contributed by atoms with Crippen molar-refractivity contribution in [3.05, 3.63) is 84.0 Å². The molecule has 2 aromatic carbocycles. The normalized spacial score (nSPS) is 14.6. The van der Waals surface area contributed by atoms with Crippen molar-refractivity contribution in [2.24, 2.45) is 7.05 Å². The molecular weight excluding hydrogens is 610 g/mol. The molecule has 234 valence electrons. The summed E-state index contributed by atoms with van der Waals surface area (Å²) < 4.78 is 46.1. The van der Waals surface area contributed by atoms with Gasteiger partial charge in [-0.05, 0) is 42.6 Å². The molecular formula is C34H30F2N6O3S. The first-order valence-corrected chi connectivity index (χ1v) is 15.6. The highest BCUT2D eigenvalue weighted by Gasteiger charge is 2.30. The summed E-state index contributed by atoms with van der Waals surface area (Å²) in [6, 6.07) is 11.7. The molecule has 0 aliphatic carbocycles. The van der Waals surface area contributed by atoms with Crippen LogP contribution < -0.4 is 4.74 Å². The largest absolute Gasteiger partial charge is 0.490 e. The second-order valence-electron chi connectivity index (χ2n) is 11.2. The third-order valence-corrected chi connectivity index (χ3v) is 9.11. The first-order valence-electron chi connectivity index (χ1n) is 14.7. The Labute approximate surface area is 267 Å². The third kappa shape index (κ3) is 5.13. The molecule has 0 fully saturated rings. The summed E-state index contributed by atoms with van der Waals surface area (Å²) in [5, 5.41) is 13.1. The number of aryl methyl sites for hydroxylation is 1. The molecule has 1 atom stereocenters. The van der Waals surface area contributed by atoms with Crippen molar-refractivity contribution in [2.75, 3.05) is 20.3 Å². The molecule has 0 N–H and O–H groups in total. The quantitative estimate of drug-likeness (QED) is 0.138. The van der Waals surface area contributed by atoms with E-state index in [2.05, 4.69) is 11.7 Å². The number of rotatable bonds is 8. The first kappa shape index (κ1) is 29.8. The monoisotopic (exact) mass is 640 g/mol. The summed E-state index contributed by atoms with van der Waals surface area (Å²) in [5.41, 5.74) is 4.64. The Bertz CT molecular complexity index is 2150. The second kappa shape index (κ2) is 11.8. The number of nitrogens with zero attached hydrogens (tertiary/aromatic N) is 6. The predicted octanol–water partition coefficient (Wildman–Crippen LogP) is 6.60. The number of thiophene rings is 1. The molecule has 5 heterocycles. The topological polar surface area (TPSA) is 87.3 Å². The van der Waals surface area contributed by atoms with Gasteiger partial charge < -0.3 is 14.4 Å². The number of aromatic nitrogens is 5. The molecule has 9 nitrogen and oxygen atoms in total. The van der Waals surface area contributed by atoms with Gasteiger partial charge in [0.1, 0.15) is 35.4 Å². The molecule has 0 bridgehead atoms. The molecule has 12 heteroatoms. The molecule has 7 rings (SSSR count). The SMILES string of the molecule is C=CC(=O)N1Cc2cc(-c3nc(-c4ccc5nn(C)cc5c4)c4ccsc4c3-c3c(F)cc(F)cc3OCCOC)nn2CC1C. The van der Waals surface area contributed by atoms with Crippen LogP contribution >= 0.6 is 11.3 Å². The molecule has 4 aromatic heterocycles. The number of carbonyl (C=O) groups is 1. The number of benzene rings is 2. The average Bonchev–Trinajstić information content (AvgIpc) is 3.77. The minimum Gasteiger partial charge on any atom is -0.490 e. The molecule has 1 unspecified atom stereocenters. The van der Waals surface area contributed by atoms with Crippen LogP contribution in [0, 0.1) is 11.6 Å². The molecule has 0 saturated carbocycles. The van der Waals surface area contributed by atoms with Crippen molar-refractivity contribution in [2.45, 2.75) is 26.1 Å². The Kier molecular flexibility index (Phi) is 7.61. The van der Waals surface area contributed by atoms with E-state index in [9.17, 15) is 9.18 Å². The summed E-state index contributed by atoms with van der Waals surface area (Å²) in [6.07, 6.45) is 3.25. The third-order valence-electron chi connectivity index (χ3n) is 8.18. The van der Waals surface area contributed by atoms with Gasteiger partial charge in [-0.2, -0.15) is 10.2 Å². The second-order valence-corrected chi connectivity index (χ2v) is 12.2. The molecule has 0 saturated heterocycles. The van der Waals surface area contributed by atoms with Crippen molar-refractivity contribution < 1.29 is 23.0 Å². The van der Waals surface area contributed by atoms with Crippen molar-refractivity contribution in [3.63, 3.8) is 0 Å². The van der Waals surface area contributed by atoms with E-state index in [1.165, 1.54) is 30.6 Å². The van der Waals surface area contributed by atoms with E-state index in [0.717, 1.165) is 38.3 Å². The maximum Gasteiger partial charge on any atom is 0.246 e. The fraction of sp³-hybridized carbons (Fsp3) is 0.235. The minimum absolute atomic E-state index is 0.0391. The molecule has 1 aliphatic heterocycles. The molecule has 1 aliphatic rings. The van der Waals surface area contributed by atoms with E-state index in [4.69, 9.17) is 19.6 Å². The van der Waals surface area contributed by atoms with Crippen LogP contribution in [0.15, 0.2) is 66.7 Å². The zero-order chi connectivity index (χ0) is 32.1. The number of amides is 1. The van der Waals surface area contributed by atoms with Gasteiger partial charge in [-0.25, -0.2) is 13.8 Å². The van der Waals surface area contributed by atoms with Gasteiger partial charge >= 0.3 is 0 Å². The molecule has 1 amide bonds. The number of hydrogen-bond donors (Lipinski definition) is 0. The summed E-state index contributed by atoms with van der Waals surface area (Å²) in [6.45, 7) is 6.72. The Morgan fingerprint density at radius 2 is 1.96 bits per heavy atom. The highest BCUT2D eigenvalue weighted by atomic mass is 32.1. The van der Waals surface area contributed by atoms with E-state index in [1.807, 2.05) is 60.6 Å². The highest BCUT2D eigenvalue weighted by molar-refractivity contribution is 7.18. The number of hydrogen-bond acceptors (Lipinski definition) is 7. The van der Waals surface area contributed by atoms with Gasteiger partial charge in [0.15, 0.2) is 0 Å². The van der Waals surface area contributed by atoms with Gasteiger partial charge in [0.2, 0.25) is 5.91 Å². The van der Waals surface area contributed by atoms with Gasteiger partial charge in [0.05, 0.1) is 42.2 Å². The van der Waals surface area contributed by atoms with E-state index in [-0.39, 0.29) is 36.5 Å². The van der Waals surface area contributed by atoms with Gasteiger partial charge in [0.25, 0.3) is 0 Å². The summed E-state index contributed by atoms with van der Waals surface area (Å²) in [5.74, 6) is -1.67. The van der Waals surface area contributed by atoms with Crippen LogP contribution in [0.25, 0.3) is 54.8 Å². The molecule has 0 spiro atoms. The van der Waals surface area contributed by atoms with Crippen LogP contribution in [0.3, 0.4) is 0 Å². The van der Waals surface area contributed by atoms with Crippen LogP contribution in [0.1, 0.15) is 12.6 Å². The first-order chi connectivity index (χ1) is 22.2. The zero-order valence-electron chi connectivity index (χ0n) is 25.5. The number of methoxy groups -OCH3 is 1. The average molecular weight is 641 g/mol. The minimum atomic E-state index is -0.782. The summed E-state index contributed by atoms with van der Waals surface area (Å²) in [7, 11) is 3.40. The van der Waals surface area contributed by atoms with Crippen molar-refractivity contribution in [1.82, 2.24) is 29.4 Å². The fourth-order valence-corrected chi connectivity index (χ4v) is 7.00. The lowest BCUT2D eigenvalue weighted by Gasteiger charge is -2.33. The summed E-state index contributed by atoms with van der Waals surface area (Å²) >= 11 is 1.43. The van der Waals surface area contributed by atoms with E-state index in [1.54, 1.807) is 9.58 Å². The van der Waals surface area contributed by atoms with Crippen LogP contribution in [0.5, 0.6) is 5.75 Å². The van der Waals surface area contributed by atoms with Gasteiger partial charge in [-0.15, -0.1) is 11.3 Å². The highest BCUT2D eigenvalue weighted by Crippen LogP contribution is 2.47. The van der Waals surface area contributed by atoms with Gasteiger partial charge in [-0.1, -0.05) is 12.6 Å². The van der Waals surface area contributed by atoms with E-state index >= 15 is 4.39 Å². The predicted molar refractivity (Wildman–Crippen MR) is 173 cm³/mol. The van der Waals surface area contributed by atoms with Crippen molar-refractivity contribution >= 4 is 38.2 Å². The standard InChI is InChI=1S/C34H30F2N6O3S/c1-5-29(43)41-18-23-15-27(39-42(23)16-19(41)2)33-31(30-25(36)13-22(35)14-28(30)45-10-9-44-4)34-24(8-11-46-34)32(37-33)20-6-7-26-21(12-20)17-40(3)38-26/h5-8,11-15,17,19H,1,9-10,16,18H2,2-4H3. The van der Waals surface area contributed by atoms with Gasteiger partial charge in [-0.3, -0.25) is 14.2 Å². The Morgan fingerprint density at radius 1 is 1.11 bits per heavy atom. The Balaban J connectivity index is 1.49. The number of ether oxygens (including phenoxy) is 2. The number of carbonyl (C=O) groups excluding carboxylic acids is 1. The lowest BCUT2D eigenvalue weighted by Crippen LogP contribution is -2.44.